The van der Waals surface area contributed by atoms with Crippen LogP contribution in [0.2, 0.25) is 0 Å². The topological polar surface area (TPSA) is 118 Å². The number of benzene rings is 1. The van der Waals surface area contributed by atoms with Gasteiger partial charge in [0.1, 0.15) is 0 Å². The summed E-state index contributed by atoms with van der Waals surface area (Å²) in [6.07, 6.45) is 21.3. The lowest BCUT2D eigenvalue weighted by Gasteiger charge is -2.27. The van der Waals surface area contributed by atoms with E-state index in [-0.39, 0.29) is 35.8 Å². The van der Waals surface area contributed by atoms with Crippen molar-refractivity contribution < 1.29 is 38.7 Å². The zero-order chi connectivity index (χ0) is 38.4. The Bertz CT molecular complexity index is 1000. The molecule has 0 heterocycles. The molecule has 0 aromatic heterocycles. The summed E-state index contributed by atoms with van der Waals surface area (Å²) < 4.78 is 22.1. The molecule has 0 radical (unpaired) electrons. The number of aliphatic hydroxyl groups is 2. The monoisotopic (exact) mass is 737 g/mol. The fourth-order valence-electron chi connectivity index (χ4n) is 6.40. The Balaban J connectivity index is 2.73. The molecule has 0 spiro atoms. The van der Waals surface area contributed by atoms with Crippen LogP contribution in [0.4, 0.5) is 0 Å². The number of nitrogens with zero attached hydrogens (tertiary/aromatic N) is 2. The molecule has 0 amide bonds. The van der Waals surface area contributed by atoms with E-state index in [0.29, 0.717) is 32.5 Å². The number of aliphatic hydroxyl groups excluding tert-OH is 2. The van der Waals surface area contributed by atoms with E-state index in [9.17, 15) is 19.8 Å². The van der Waals surface area contributed by atoms with Crippen molar-refractivity contribution in [3.63, 3.8) is 0 Å². The maximum atomic E-state index is 13.0. The standard InChI is InChI=1S/C42H76N2O8/c1-7-9-11-13-15-17-19-21-25-36(45)33-44(34-37(46)26-22-20-18-16-14-12-10-8-2)29-23-27-40(47)52-41-38(49-5)31-35(32-39(41)50-6)42(48)51-30-24-28-43(3)4/h31-32,36-37,45-46H,7-30,33-34H2,1-6H3. The van der Waals surface area contributed by atoms with Gasteiger partial charge in [-0.25, -0.2) is 4.79 Å². The minimum Gasteiger partial charge on any atom is -0.493 e. The van der Waals surface area contributed by atoms with E-state index in [1.807, 2.05) is 19.0 Å². The van der Waals surface area contributed by atoms with Gasteiger partial charge in [0.2, 0.25) is 5.75 Å². The Morgan fingerprint density at radius 2 is 1.12 bits per heavy atom. The highest BCUT2D eigenvalue weighted by Gasteiger charge is 2.22. The summed E-state index contributed by atoms with van der Waals surface area (Å²) in [5.74, 6) is -0.472. The van der Waals surface area contributed by atoms with Crippen molar-refractivity contribution in [3.8, 4) is 17.2 Å². The molecule has 0 aliphatic heterocycles. The summed E-state index contributed by atoms with van der Waals surface area (Å²) in [6.45, 7) is 7.02. The summed E-state index contributed by atoms with van der Waals surface area (Å²) >= 11 is 0. The number of carbonyl (C=O) groups excluding carboxylic acids is 2. The third-order valence-electron chi connectivity index (χ3n) is 9.47. The number of hydrogen-bond acceptors (Lipinski definition) is 10. The lowest BCUT2D eigenvalue weighted by atomic mass is 10.0. The van der Waals surface area contributed by atoms with Gasteiger partial charge in [0.15, 0.2) is 11.5 Å². The van der Waals surface area contributed by atoms with Crippen molar-refractivity contribution in [1.29, 1.82) is 0 Å². The number of unbranched alkanes of at least 4 members (excludes halogenated alkanes) is 14. The molecule has 1 rings (SSSR count). The predicted molar refractivity (Wildman–Crippen MR) is 211 cm³/mol. The van der Waals surface area contributed by atoms with Gasteiger partial charge in [-0.1, -0.05) is 117 Å². The van der Waals surface area contributed by atoms with Gasteiger partial charge in [0.25, 0.3) is 0 Å². The van der Waals surface area contributed by atoms with Crippen LogP contribution in [-0.2, 0) is 9.53 Å². The number of hydrogen-bond donors (Lipinski definition) is 2. The molecular weight excluding hydrogens is 660 g/mol. The van der Waals surface area contributed by atoms with Gasteiger partial charge in [0.05, 0.1) is 38.6 Å². The number of methoxy groups -OCH3 is 2. The first kappa shape index (κ1) is 47.6. The first-order valence-corrected chi connectivity index (χ1v) is 20.5. The van der Waals surface area contributed by atoms with Crippen molar-refractivity contribution in [3.05, 3.63) is 17.7 Å². The molecule has 0 saturated carbocycles. The van der Waals surface area contributed by atoms with Crippen molar-refractivity contribution >= 4 is 11.9 Å². The SMILES string of the molecule is CCCCCCCCCCC(O)CN(CCCC(=O)Oc1c(OC)cc(C(=O)OCCCN(C)C)cc1OC)CC(O)CCCCCCCCCC. The van der Waals surface area contributed by atoms with E-state index in [1.165, 1.54) is 103 Å². The van der Waals surface area contributed by atoms with Crippen LogP contribution in [0.1, 0.15) is 159 Å². The average molecular weight is 737 g/mol. The van der Waals surface area contributed by atoms with Crippen LogP contribution in [-0.4, -0.2) is 105 Å². The van der Waals surface area contributed by atoms with Crippen molar-refractivity contribution in [1.82, 2.24) is 9.80 Å². The second-order valence-corrected chi connectivity index (χ2v) is 14.7. The lowest BCUT2D eigenvalue weighted by Crippen LogP contribution is -2.39. The molecule has 2 atom stereocenters. The summed E-state index contributed by atoms with van der Waals surface area (Å²) in [6, 6.07) is 2.98. The summed E-state index contributed by atoms with van der Waals surface area (Å²) in [5, 5.41) is 21.8. The van der Waals surface area contributed by atoms with Gasteiger partial charge < -0.3 is 34.1 Å². The normalized spacial score (nSPS) is 12.7. The quantitative estimate of drug-likeness (QED) is 0.0405. The first-order chi connectivity index (χ1) is 25.1. The molecule has 0 fully saturated rings. The molecular formula is C42H76N2O8. The highest BCUT2D eigenvalue weighted by atomic mass is 16.6. The molecule has 10 nitrogen and oxygen atoms in total. The molecule has 302 valence electrons. The largest absolute Gasteiger partial charge is 0.493 e. The minimum atomic E-state index is -0.512. The maximum Gasteiger partial charge on any atom is 0.338 e. The van der Waals surface area contributed by atoms with Crippen LogP contribution in [0.3, 0.4) is 0 Å². The fraction of sp³-hybridized carbons (Fsp3) is 0.810. The zero-order valence-electron chi connectivity index (χ0n) is 33.9. The lowest BCUT2D eigenvalue weighted by molar-refractivity contribution is -0.134. The van der Waals surface area contributed by atoms with Crippen LogP contribution >= 0.6 is 0 Å². The molecule has 0 saturated heterocycles. The molecule has 0 aliphatic rings. The van der Waals surface area contributed by atoms with Crippen molar-refractivity contribution in [2.75, 3.05) is 61.1 Å². The average Bonchev–Trinajstić information content (AvgIpc) is 3.12. The van der Waals surface area contributed by atoms with Gasteiger partial charge in [0, 0.05) is 26.1 Å². The molecule has 0 bridgehead atoms. The smallest absolute Gasteiger partial charge is 0.338 e. The van der Waals surface area contributed by atoms with E-state index < -0.39 is 24.1 Å². The van der Waals surface area contributed by atoms with Gasteiger partial charge in [-0.3, -0.25) is 9.69 Å². The van der Waals surface area contributed by atoms with E-state index in [2.05, 4.69) is 18.7 Å². The van der Waals surface area contributed by atoms with E-state index in [4.69, 9.17) is 18.9 Å². The van der Waals surface area contributed by atoms with Gasteiger partial charge in [-0.15, -0.1) is 0 Å². The second kappa shape index (κ2) is 31.0. The number of carbonyl (C=O) groups is 2. The summed E-state index contributed by atoms with van der Waals surface area (Å²) in [5.41, 5.74) is 0.241. The summed E-state index contributed by atoms with van der Waals surface area (Å²) in [7, 11) is 6.80. The number of ether oxygens (including phenoxy) is 4. The Hall–Kier alpha value is -2.40. The Labute approximate surface area is 316 Å². The highest BCUT2D eigenvalue weighted by Crippen LogP contribution is 2.39. The molecule has 0 aliphatic carbocycles. The van der Waals surface area contributed by atoms with Gasteiger partial charge in [-0.05, 0) is 58.5 Å². The first-order valence-electron chi connectivity index (χ1n) is 20.5. The number of rotatable bonds is 34. The van der Waals surface area contributed by atoms with Gasteiger partial charge >= 0.3 is 11.9 Å². The highest BCUT2D eigenvalue weighted by molar-refractivity contribution is 5.91. The third-order valence-corrected chi connectivity index (χ3v) is 9.47. The third kappa shape index (κ3) is 23.3. The van der Waals surface area contributed by atoms with Gasteiger partial charge in [-0.2, -0.15) is 0 Å². The molecule has 10 heteroatoms. The Kier molecular flexibility index (Phi) is 28.4. The molecule has 2 N–H and O–H groups in total. The maximum absolute atomic E-state index is 13.0. The molecule has 2 unspecified atom stereocenters. The second-order valence-electron chi connectivity index (χ2n) is 14.7. The van der Waals surface area contributed by atoms with Crippen LogP contribution in [0.5, 0.6) is 17.2 Å². The molecule has 1 aromatic carbocycles. The summed E-state index contributed by atoms with van der Waals surface area (Å²) in [4.78, 5) is 29.8. The minimum absolute atomic E-state index is 0.109. The molecule has 1 aromatic rings. The van der Waals surface area contributed by atoms with E-state index in [0.717, 1.165) is 45.1 Å². The van der Waals surface area contributed by atoms with Crippen molar-refractivity contribution in [2.24, 2.45) is 0 Å². The van der Waals surface area contributed by atoms with Crippen LogP contribution in [0.15, 0.2) is 12.1 Å². The van der Waals surface area contributed by atoms with Crippen molar-refractivity contribution in [2.45, 2.75) is 161 Å². The zero-order valence-corrected chi connectivity index (χ0v) is 33.9. The van der Waals surface area contributed by atoms with E-state index in [1.54, 1.807) is 0 Å². The Morgan fingerprint density at radius 1 is 0.654 bits per heavy atom. The van der Waals surface area contributed by atoms with Crippen LogP contribution in [0, 0.1) is 0 Å². The van der Waals surface area contributed by atoms with E-state index >= 15 is 0 Å². The fourth-order valence-corrected chi connectivity index (χ4v) is 6.40. The molecule has 52 heavy (non-hydrogen) atoms. The predicted octanol–water partition coefficient (Wildman–Crippen LogP) is 8.58. The van der Waals surface area contributed by atoms with Crippen LogP contribution < -0.4 is 14.2 Å². The van der Waals surface area contributed by atoms with Crippen LogP contribution in [0.25, 0.3) is 0 Å². The number of esters is 2. The Morgan fingerprint density at radius 3 is 1.56 bits per heavy atom.